The first-order chi connectivity index (χ1) is 4.45. The van der Waals surface area contributed by atoms with Gasteiger partial charge in [-0.25, -0.2) is 5.14 Å². The Kier molecular flexibility index (Phi) is 3.26. The van der Waals surface area contributed by atoms with E-state index in [9.17, 15) is 13.2 Å². The molecule has 0 spiro atoms. The van der Waals surface area contributed by atoms with Gasteiger partial charge in [-0.15, -0.1) is 0 Å². The smallest absolute Gasteiger partial charge is 0.274 e. The zero-order valence-corrected chi connectivity index (χ0v) is 6.23. The number of likely N-dealkylation sites (N-methyl/N-ethyl adjacent to an activating group) is 1. The van der Waals surface area contributed by atoms with Gasteiger partial charge in [0.15, 0.2) is 0 Å². The van der Waals surface area contributed by atoms with Crippen LogP contribution in [0.4, 0.5) is 0 Å². The summed E-state index contributed by atoms with van der Waals surface area (Å²) in [7, 11) is -2.34. The summed E-state index contributed by atoms with van der Waals surface area (Å²) in [6.07, 6.45) is 0. The monoisotopic (exact) mass is 167 g/mol. The van der Waals surface area contributed by atoms with Crippen molar-refractivity contribution in [2.45, 2.75) is 0 Å². The van der Waals surface area contributed by atoms with Crippen molar-refractivity contribution < 1.29 is 13.2 Å². The van der Waals surface area contributed by atoms with Crippen LogP contribution in [0.1, 0.15) is 0 Å². The Labute approximate surface area is 59.0 Å². The molecule has 0 atom stereocenters. The summed E-state index contributed by atoms with van der Waals surface area (Å²) < 4.78 is 22.1. The molecule has 0 saturated heterocycles. The lowest BCUT2D eigenvalue weighted by Crippen LogP contribution is -2.38. The first-order valence-corrected chi connectivity index (χ1v) is 3.98. The molecule has 0 aromatic heterocycles. The number of amides is 1. The molecule has 0 saturated carbocycles. The van der Waals surface area contributed by atoms with Gasteiger partial charge in [0, 0.05) is 7.05 Å². The van der Waals surface area contributed by atoms with Crippen molar-refractivity contribution in [3.63, 3.8) is 0 Å². The normalized spacial score (nSPS) is 11.0. The highest BCUT2D eigenvalue weighted by molar-refractivity contribution is 7.87. The van der Waals surface area contributed by atoms with Crippen molar-refractivity contribution in [2.75, 3.05) is 13.6 Å². The number of carbonyl (C=O) groups is 1. The number of hydrogen-bond acceptors (Lipinski definition) is 3. The first kappa shape index (κ1) is 9.34. The number of nitrogens with two attached hydrogens (primary N) is 1. The summed E-state index contributed by atoms with van der Waals surface area (Å²) in [5.41, 5.74) is 0. The lowest BCUT2D eigenvalue weighted by atomic mass is 10.6. The predicted octanol–water partition coefficient (Wildman–Crippen LogP) is -2.47. The van der Waals surface area contributed by atoms with Crippen LogP contribution in [0, 0.1) is 0 Å². The minimum Gasteiger partial charge on any atom is -0.358 e. The van der Waals surface area contributed by atoms with Crippen LogP contribution in [-0.4, -0.2) is 27.9 Å². The topological polar surface area (TPSA) is 101 Å². The summed E-state index contributed by atoms with van der Waals surface area (Å²) in [5.74, 6) is -0.436. The van der Waals surface area contributed by atoms with Gasteiger partial charge in [0.05, 0.1) is 6.54 Å². The van der Waals surface area contributed by atoms with Gasteiger partial charge in [0.2, 0.25) is 5.91 Å². The fraction of sp³-hybridized carbons (Fsp3) is 0.667. The second kappa shape index (κ2) is 3.49. The number of hydrogen-bond donors (Lipinski definition) is 3. The molecule has 4 N–H and O–H groups in total. The van der Waals surface area contributed by atoms with E-state index in [2.05, 4.69) is 10.5 Å². The second-order valence-corrected chi connectivity index (χ2v) is 2.92. The van der Waals surface area contributed by atoms with Crippen molar-refractivity contribution in [3.8, 4) is 0 Å². The molecule has 1 amide bonds. The summed E-state index contributed by atoms with van der Waals surface area (Å²) >= 11 is 0. The molecule has 0 bridgehead atoms. The fourth-order valence-corrected chi connectivity index (χ4v) is 0.587. The summed E-state index contributed by atoms with van der Waals surface area (Å²) in [5, 5.41) is 6.74. The lowest BCUT2D eigenvalue weighted by molar-refractivity contribution is -0.119. The Balaban J connectivity index is 3.67. The van der Waals surface area contributed by atoms with Crippen molar-refractivity contribution in [1.82, 2.24) is 10.0 Å². The third-order valence-electron chi connectivity index (χ3n) is 0.713. The maximum absolute atomic E-state index is 10.4. The predicted molar refractivity (Wildman–Crippen MR) is 35.2 cm³/mol. The van der Waals surface area contributed by atoms with E-state index < -0.39 is 16.1 Å². The van der Waals surface area contributed by atoms with Gasteiger partial charge in [-0.3, -0.25) is 4.79 Å². The average molecular weight is 167 g/mol. The highest BCUT2D eigenvalue weighted by Gasteiger charge is 2.03. The fourth-order valence-electron chi connectivity index (χ4n) is 0.255. The second-order valence-electron chi connectivity index (χ2n) is 1.54. The van der Waals surface area contributed by atoms with Gasteiger partial charge in [0.1, 0.15) is 0 Å². The first-order valence-electron chi connectivity index (χ1n) is 2.43. The molecule has 0 heterocycles. The lowest BCUT2D eigenvalue weighted by Gasteiger charge is -1.98. The number of nitrogens with one attached hydrogen (secondary N) is 2. The minimum absolute atomic E-state index is 0.324. The molecule has 0 aliphatic carbocycles. The molecule has 60 valence electrons. The molecule has 10 heavy (non-hydrogen) atoms. The van der Waals surface area contributed by atoms with E-state index in [1.165, 1.54) is 7.05 Å². The highest BCUT2D eigenvalue weighted by atomic mass is 32.2. The van der Waals surface area contributed by atoms with E-state index in [4.69, 9.17) is 0 Å². The van der Waals surface area contributed by atoms with E-state index in [1.807, 2.05) is 4.72 Å². The van der Waals surface area contributed by atoms with Gasteiger partial charge < -0.3 is 5.32 Å². The van der Waals surface area contributed by atoms with E-state index in [0.29, 0.717) is 0 Å². The largest absolute Gasteiger partial charge is 0.358 e. The average Bonchev–Trinajstić information content (AvgIpc) is 1.81. The molecule has 0 unspecified atom stereocenters. The SMILES string of the molecule is CNC(=O)CNS(N)(=O)=O. The Bertz CT molecular complexity index is 209. The Morgan fingerprint density at radius 1 is 1.60 bits per heavy atom. The van der Waals surface area contributed by atoms with Crippen molar-refractivity contribution >= 4 is 16.1 Å². The molecule has 7 heteroatoms. The summed E-state index contributed by atoms with van der Waals surface area (Å²) in [4.78, 5) is 10.4. The maximum atomic E-state index is 10.4. The van der Waals surface area contributed by atoms with Crippen LogP contribution in [0.15, 0.2) is 0 Å². The quantitative estimate of drug-likeness (QED) is 0.434. The Morgan fingerprint density at radius 3 is 2.40 bits per heavy atom. The van der Waals surface area contributed by atoms with Crippen molar-refractivity contribution in [1.29, 1.82) is 0 Å². The summed E-state index contributed by atoms with van der Waals surface area (Å²) in [6.45, 7) is -0.324. The van der Waals surface area contributed by atoms with Gasteiger partial charge in [-0.05, 0) is 0 Å². The van der Waals surface area contributed by atoms with Crippen LogP contribution < -0.4 is 15.2 Å². The Morgan fingerprint density at radius 2 is 2.10 bits per heavy atom. The van der Waals surface area contributed by atoms with Crippen LogP contribution in [0.5, 0.6) is 0 Å². The summed E-state index contributed by atoms with van der Waals surface area (Å²) in [6, 6.07) is 0. The van der Waals surface area contributed by atoms with Crippen LogP contribution in [0.25, 0.3) is 0 Å². The van der Waals surface area contributed by atoms with Crippen molar-refractivity contribution in [3.05, 3.63) is 0 Å². The molecule has 0 fully saturated rings. The molecular formula is C3H9N3O3S. The van der Waals surface area contributed by atoms with E-state index in [1.54, 1.807) is 0 Å². The standard InChI is InChI=1S/C3H9N3O3S/c1-5-3(7)2-6-10(4,8)9/h6H,2H2,1H3,(H,5,7)(H2,4,8,9). The van der Waals surface area contributed by atoms with Crippen LogP contribution in [-0.2, 0) is 15.0 Å². The van der Waals surface area contributed by atoms with Crippen molar-refractivity contribution in [2.24, 2.45) is 5.14 Å². The zero-order chi connectivity index (χ0) is 8.20. The Hall–Kier alpha value is -0.660. The number of rotatable bonds is 3. The van der Waals surface area contributed by atoms with Gasteiger partial charge >= 0.3 is 0 Å². The molecule has 0 aromatic carbocycles. The molecule has 0 aliphatic heterocycles. The maximum Gasteiger partial charge on any atom is 0.274 e. The van der Waals surface area contributed by atoms with E-state index in [-0.39, 0.29) is 6.54 Å². The van der Waals surface area contributed by atoms with Crippen LogP contribution in [0.3, 0.4) is 0 Å². The molecule has 6 nitrogen and oxygen atoms in total. The molecule has 0 aromatic rings. The zero-order valence-electron chi connectivity index (χ0n) is 5.42. The molecular weight excluding hydrogens is 158 g/mol. The third kappa shape index (κ3) is 5.48. The molecule has 0 rings (SSSR count). The van der Waals surface area contributed by atoms with E-state index in [0.717, 1.165) is 0 Å². The van der Waals surface area contributed by atoms with Gasteiger partial charge in [-0.2, -0.15) is 13.1 Å². The van der Waals surface area contributed by atoms with Crippen LogP contribution >= 0.6 is 0 Å². The number of carbonyl (C=O) groups excluding carboxylic acids is 1. The van der Waals surface area contributed by atoms with E-state index >= 15 is 0 Å². The van der Waals surface area contributed by atoms with Gasteiger partial charge in [-0.1, -0.05) is 0 Å². The highest BCUT2D eigenvalue weighted by Crippen LogP contribution is 1.65. The minimum atomic E-state index is -3.74. The van der Waals surface area contributed by atoms with Crippen LogP contribution in [0.2, 0.25) is 0 Å². The third-order valence-corrected chi connectivity index (χ3v) is 1.26. The molecule has 0 aliphatic rings. The molecule has 0 radical (unpaired) electrons. The van der Waals surface area contributed by atoms with Gasteiger partial charge in [0.25, 0.3) is 10.2 Å².